The summed E-state index contributed by atoms with van der Waals surface area (Å²) in [7, 11) is 1.58. The third kappa shape index (κ3) is 4.72. The van der Waals surface area contributed by atoms with Crippen molar-refractivity contribution in [2.24, 2.45) is 0 Å². The maximum absolute atomic E-state index is 12.1. The zero-order valence-corrected chi connectivity index (χ0v) is 16.4. The average molecular weight is 404 g/mol. The van der Waals surface area contributed by atoms with E-state index >= 15 is 0 Å². The van der Waals surface area contributed by atoms with Gasteiger partial charge in [0.25, 0.3) is 0 Å². The second-order valence-electron chi connectivity index (χ2n) is 6.45. The minimum Gasteiger partial charge on any atom is -0.493 e. The van der Waals surface area contributed by atoms with Crippen molar-refractivity contribution in [1.29, 1.82) is 0 Å². The molecule has 0 bridgehead atoms. The highest BCUT2D eigenvalue weighted by molar-refractivity contribution is 5.89. The van der Waals surface area contributed by atoms with Crippen molar-refractivity contribution in [3.63, 3.8) is 0 Å². The van der Waals surface area contributed by atoms with Crippen LogP contribution in [0.3, 0.4) is 0 Å². The number of fused-ring (bicyclic) bond motifs is 1. The molecule has 1 aliphatic heterocycles. The molecule has 3 aromatic carbocycles. The first-order chi connectivity index (χ1) is 14.7. The van der Waals surface area contributed by atoms with E-state index in [9.17, 15) is 4.79 Å². The zero-order chi connectivity index (χ0) is 20.8. The van der Waals surface area contributed by atoms with Crippen LogP contribution in [0.2, 0.25) is 0 Å². The average Bonchev–Trinajstić information content (AvgIpc) is 3.25. The lowest BCUT2D eigenvalue weighted by molar-refractivity contribution is -0.128. The van der Waals surface area contributed by atoms with Crippen LogP contribution in [0.25, 0.3) is 6.08 Å². The Bertz CT molecular complexity index is 1060. The quantitative estimate of drug-likeness (QED) is 0.325. The molecule has 0 fully saturated rings. The maximum Gasteiger partial charge on any atom is 0.336 e. The lowest BCUT2D eigenvalue weighted by Crippen LogP contribution is -2.03. The Hall–Kier alpha value is -3.93. The molecule has 0 atom stereocenters. The number of hydrogen-bond donors (Lipinski definition) is 0. The summed E-state index contributed by atoms with van der Waals surface area (Å²) in [5.41, 5.74) is 1.84. The molecule has 3 aromatic rings. The molecule has 6 heteroatoms. The third-order valence-corrected chi connectivity index (χ3v) is 4.40. The lowest BCUT2D eigenvalue weighted by atomic mass is 10.2. The molecule has 0 unspecified atom stereocenters. The van der Waals surface area contributed by atoms with E-state index in [4.69, 9.17) is 23.7 Å². The van der Waals surface area contributed by atoms with Gasteiger partial charge in [-0.25, -0.2) is 4.79 Å². The van der Waals surface area contributed by atoms with Gasteiger partial charge in [-0.05, 0) is 41.5 Å². The molecule has 0 saturated heterocycles. The van der Waals surface area contributed by atoms with Crippen LogP contribution in [0.15, 0.2) is 72.8 Å². The van der Waals surface area contributed by atoms with E-state index in [-0.39, 0.29) is 6.79 Å². The zero-order valence-electron chi connectivity index (χ0n) is 16.4. The van der Waals surface area contributed by atoms with Crippen molar-refractivity contribution in [2.45, 2.75) is 6.61 Å². The first kappa shape index (κ1) is 19.4. The largest absolute Gasteiger partial charge is 0.493 e. The van der Waals surface area contributed by atoms with Gasteiger partial charge in [-0.2, -0.15) is 0 Å². The van der Waals surface area contributed by atoms with Crippen molar-refractivity contribution in [3.8, 4) is 28.7 Å². The molecule has 0 spiro atoms. The molecule has 0 amide bonds. The fourth-order valence-corrected chi connectivity index (χ4v) is 2.90. The lowest BCUT2D eigenvalue weighted by Gasteiger charge is -2.11. The first-order valence-electron chi connectivity index (χ1n) is 9.35. The number of carbonyl (C=O) groups excluding carboxylic acids is 1. The summed E-state index contributed by atoms with van der Waals surface area (Å²) in [6.07, 6.45) is 3.00. The van der Waals surface area contributed by atoms with E-state index in [0.29, 0.717) is 35.4 Å². The van der Waals surface area contributed by atoms with E-state index in [1.54, 1.807) is 37.5 Å². The van der Waals surface area contributed by atoms with Crippen molar-refractivity contribution < 1.29 is 28.5 Å². The summed E-state index contributed by atoms with van der Waals surface area (Å²) in [6, 6.07) is 20.3. The molecule has 1 heterocycles. The van der Waals surface area contributed by atoms with Crippen LogP contribution in [0.4, 0.5) is 0 Å². The van der Waals surface area contributed by atoms with Gasteiger partial charge in [0.05, 0.1) is 7.11 Å². The van der Waals surface area contributed by atoms with Gasteiger partial charge in [0.2, 0.25) is 6.79 Å². The SMILES string of the molecule is COc1cc(/C=C/C(=O)Oc2ccc3c(c2)OCO3)ccc1OCc1ccccc1. The summed E-state index contributed by atoms with van der Waals surface area (Å²) in [6.45, 7) is 0.605. The molecule has 6 nitrogen and oxygen atoms in total. The maximum atomic E-state index is 12.1. The molecule has 0 aliphatic carbocycles. The van der Waals surface area contributed by atoms with E-state index in [1.807, 2.05) is 42.5 Å². The molecule has 4 rings (SSSR count). The summed E-state index contributed by atoms with van der Waals surface area (Å²) < 4.78 is 27.1. The second kappa shape index (κ2) is 9.05. The smallest absolute Gasteiger partial charge is 0.336 e. The Morgan fingerprint density at radius 1 is 0.967 bits per heavy atom. The van der Waals surface area contributed by atoms with Gasteiger partial charge >= 0.3 is 5.97 Å². The summed E-state index contributed by atoms with van der Waals surface area (Å²) in [5, 5.41) is 0. The molecule has 0 saturated carbocycles. The predicted octanol–water partition coefficient (Wildman–Crippen LogP) is 4.62. The van der Waals surface area contributed by atoms with Crippen molar-refractivity contribution in [1.82, 2.24) is 0 Å². The fourth-order valence-electron chi connectivity index (χ4n) is 2.90. The fraction of sp³-hybridized carbons (Fsp3) is 0.125. The second-order valence-corrected chi connectivity index (χ2v) is 6.45. The van der Waals surface area contributed by atoms with E-state index in [1.165, 1.54) is 6.08 Å². The Morgan fingerprint density at radius 2 is 1.80 bits per heavy atom. The standard InChI is InChI=1S/C24H20O6/c1-26-22-13-17(7-10-20(22)27-15-18-5-3-2-4-6-18)8-12-24(25)30-19-9-11-21-23(14-19)29-16-28-21/h2-14H,15-16H2,1H3/b12-8+. The van der Waals surface area contributed by atoms with Crippen molar-refractivity contribution in [3.05, 3.63) is 83.9 Å². The first-order valence-corrected chi connectivity index (χ1v) is 9.35. The van der Waals surface area contributed by atoms with Gasteiger partial charge in [-0.1, -0.05) is 36.4 Å². The number of carbonyl (C=O) groups is 1. The highest BCUT2D eigenvalue weighted by Gasteiger charge is 2.14. The molecule has 0 radical (unpaired) electrons. The van der Waals surface area contributed by atoms with Gasteiger partial charge in [0, 0.05) is 12.1 Å². The van der Waals surface area contributed by atoms with Gasteiger partial charge in [-0.3, -0.25) is 0 Å². The Morgan fingerprint density at radius 3 is 2.63 bits per heavy atom. The summed E-state index contributed by atoms with van der Waals surface area (Å²) in [5.74, 6) is 2.28. The van der Waals surface area contributed by atoms with Crippen LogP contribution < -0.4 is 23.7 Å². The number of benzene rings is 3. The van der Waals surface area contributed by atoms with Crippen LogP contribution in [0.5, 0.6) is 28.7 Å². The molecular formula is C24H20O6. The van der Waals surface area contributed by atoms with Crippen molar-refractivity contribution in [2.75, 3.05) is 13.9 Å². The molecule has 30 heavy (non-hydrogen) atoms. The molecule has 152 valence electrons. The molecule has 1 aliphatic rings. The number of rotatable bonds is 7. The normalized spacial score (nSPS) is 12.0. The Kier molecular flexibility index (Phi) is 5.85. The number of methoxy groups -OCH3 is 1. The minimum absolute atomic E-state index is 0.166. The molecular weight excluding hydrogens is 384 g/mol. The van der Waals surface area contributed by atoms with Crippen LogP contribution in [-0.4, -0.2) is 19.9 Å². The molecule has 0 N–H and O–H groups in total. The highest BCUT2D eigenvalue weighted by atomic mass is 16.7. The van der Waals surface area contributed by atoms with Crippen molar-refractivity contribution >= 4 is 12.0 Å². The van der Waals surface area contributed by atoms with Crippen LogP contribution in [0, 0.1) is 0 Å². The van der Waals surface area contributed by atoms with Gasteiger partial charge in [-0.15, -0.1) is 0 Å². The van der Waals surface area contributed by atoms with Crippen LogP contribution in [0.1, 0.15) is 11.1 Å². The Labute approximate surface area is 174 Å². The van der Waals surface area contributed by atoms with Gasteiger partial charge in [0.1, 0.15) is 12.4 Å². The van der Waals surface area contributed by atoms with Crippen LogP contribution in [-0.2, 0) is 11.4 Å². The van der Waals surface area contributed by atoms with E-state index < -0.39 is 5.97 Å². The summed E-state index contributed by atoms with van der Waals surface area (Å²) >= 11 is 0. The van der Waals surface area contributed by atoms with Gasteiger partial charge in [0.15, 0.2) is 23.0 Å². The Balaban J connectivity index is 1.38. The van der Waals surface area contributed by atoms with Gasteiger partial charge < -0.3 is 23.7 Å². The number of hydrogen-bond acceptors (Lipinski definition) is 6. The number of esters is 1. The summed E-state index contributed by atoms with van der Waals surface area (Å²) in [4.78, 5) is 12.1. The third-order valence-electron chi connectivity index (χ3n) is 4.40. The molecule has 0 aromatic heterocycles. The number of ether oxygens (including phenoxy) is 5. The highest BCUT2D eigenvalue weighted by Crippen LogP contribution is 2.35. The van der Waals surface area contributed by atoms with E-state index in [0.717, 1.165) is 11.1 Å². The van der Waals surface area contributed by atoms with E-state index in [2.05, 4.69) is 0 Å². The topological polar surface area (TPSA) is 63.2 Å². The minimum atomic E-state index is -0.503. The van der Waals surface area contributed by atoms with Crippen LogP contribution >= 0.6 is 0 Å². The predicted molar refractivity (Wildman–Crippen MR) is 111 cm³/mol. The monoisotopic (exact) mass is 404 g/mol.